The van der Waals surface area contributed by atoms with Crippen LogP contribution in [0.4, 0.5) is 0 Å². The Bertz CT molecular complexity index is 482. The molecular formula is C14H20BrClN2O. The van der Waals surface area contributed by atoms with Gasteiger partial charge in [0, 0.05) is 7.11 Å². The highest BCUT2D eigenvalue weighted by Crippen LogP contribution is 2.42. The van der Waals surface area contributed by atoms with E-state index in [1.807, 2.05) is 10.9 Å². The zero-order valence-corrected chi connectivity index (χ0v) is 14.0. The quantitative estimate of drug-likeness (QED) is 0.767. The van der Waals surface area contributed by atoms with Gasteiger partial charge in [-0.15, -0.1) is 11.6 Å². The predicted molar refractivity (Wildman–Crippen MR) is 82.4 cm³/mol. The van der Waals surface area contributed by atoms with Crippen LogP contribution in [0.2, 0.25) is 0 Å². The molecule has 0 aliphatic heterocycles. The lowest BCUT2D eigenvalue weighted by Crippen LogP contribution is -2.23. The van der Waals surface area contributed by atoms with E-state index in [2.05, 4.69) is 41.0 Å². The van der Waals surface area contributed by atoms with Crippen LogP contribution >= 0.6 is 27.5 Å². The Morgan fingerprint density at radius 1 is 1.58 bits per heavy atom. The Labute approximate surface area is 128 Å². The molecule has 0 saturated carbocycles. The third-order valence-electron chi connectivity index (χ3n) is 3.40. The van der Waals surface area contributed by atoms with Gasteiger partial charge in [0.15, 0.2) is 0 Å². The van der Waals surface area contributed by atoms with Crippen LogP contribution in [0.15, 0.2) is 16.7 Å². The summed E-state index contributed by atoms with van der Waals surface area (Å²) in [5.41, 5.74) is 2.64. The zero-order chi connectivity index (χ0) is 14.0. The van der Waals surface area contributed by atoms with Gasteiger partial charge in [-0.1, -0.05) is 19.9 Å². The van der Waals surface area contributed by atoms with E-state index in [0.717, 1.165) is 29.6 Å². The summed E-state index contributed by atoms with van der Waals surface area (Å²) >= 11 is 9.97. The molecule has 1 aromatic heterocycles. The van der Waals surface area contributed by atoms with Crippen LogP contribution in [0.5, 0.6) is 0 Å². The first-order chi connectivity index (χ1) is 8.93. The third-order valence-corrected chi connectivity index (χ3v) is 4.27. The summed E-state index contributed by atoms with van der Waals surface area (Å²) < 4.78 is 8.15. The summed E-state index contributed by atoms with van der Waals surface area (Å²) in [4.78, 5) is 0. The molecule has 1 aromatic rings. The van der Waals surface area contributed by atoms with Crippen molar-refractivity contribution in [1.82, 2.24) is 9.78 Å². The molecule has 0 aromatic carbocycles. The maximum atomic E-state index is 6.38. The lowest BCUT2D eigenvalue weighted by Gasteiger charge is -2.32. The second-order valence-corrected chi connectivity index (χ2v) is 7.22. The molecule has 0 spiro atoms. The summed E-state index contributed by atoms with van der Waals surface area (Å²) in [6, 6.07) is 0. The Kier molecular flexibility index (Phi) is 4.75. The molecule has 1 unspecified atom stereocenters. The molecule has 1 aliphatic carbocycles. The molecule has 0 bridgehead atoms. The SMILES string of the molecule is COCCn1ncc(Br)c1C1=CC(Cl)CC(C)(C)C1. The van der Waals surface area contributed by atoms with Crippen molar-refractivity contribution >= 4 is 33.1 Å². The van der Waals surface area contributed by atoms with Crippen LogP contribution in [-0.2, 0) is 11.3 Å². The number of alkyl halides is 1. The van der Waals surface area contributed by atoms with E-state index in [-0.39, 0.29) is 10.8 Å². The zero-order valence-electron chi connectivity index (χ0n) is 11.6. The van der Waals surface area contributed by atoms with E-state index >= 15 is 0 Å². The Hall–Kier alpha value is -0.320. The molecule has 106 valence electrons. The number of aromatic nitrogens is 2. The predicted octanol–water partition coefficient (Wildman–Crippen LogP) is 4.10. The van der Waals surface area contributed by atoms with Gasteiger partial charge in [0.2, 0.25) is 0 Å². The van der Waals surface area contributed by atoms with Gasteiger partial charge in [0.1, 0.15) is 0 Å². The molecule has 19 heavy (non-hydrogen) atoms. The molecule has 1 aliphatic rings. The Balaban J connectivity index is 2.33. The summed E-state index contributed by atoms with van der Waals surface area (Å²) in [5.74, 6) is 0. The normalized spacial score (nSPS) is 22.4. The van der Waals surface area contributed by atoms with Gasteiger partial charge in [0.05, 0.1) is 34.9 Å². The van der Waals surface area contributed by atoms with Crippen molar-refractivity contribution in [2.24, 2.45) is 5.41 Å². The average molecular weight is 348 g/mol. The number of methoxy groups -OCH3 is 1. The van der Waals surface area contributed by atoms with Crippen molar-refractivity contribution in [2.45, 2.75) is 38.6 Å². The fourth-order valence-corrected chi connectivity index (χ4v) is 3.76. The van der Waals surface area contributed by atoms with Crippen molar-refractivity contribution in [2.75, 3.05) is 13.7 Å². The van der Waals surface area contributed by atoms with Crippen molar-refractivity contribution in [3.8, 4) is 0 Å². The van der Waals surface area contributed by atoms with E-state index in [4.69, 9.17) is 16.3 Å². The van der Waals surface area contributed by atoms with E-state index < -0.39 is 0 Å². The molecule has 0 radical (unpaired) electrons. The van der Waals surface area contributed by atoms with Gasteiger partial charge in [-0.05, 0) is 39.8 Å². The second-order valence-electron chi connectivity index (χ2n) is 5.81. The fourth-order valence-electron chi connectivity index (χ4n) is 2.64. The van der Waals surface area contributed by atoms with Gasteiger partial charge < -0.3 is 4.74 Å². The van der Waals surface area contributed by atoms with Crippen LogP contribution in [0.1, 0.15) is 32.4 Å². The molecule has 0 N–H and O–H groups in total. The number of ether oxygens (including phenoxy) is 1. The van der Waals surface area contributed by atoms with Crippen molar-refractivity contribution < 1.29 is 4.74 Å². The van der Waals surface area contributed by atoms with Gasteiger partial charge in [-0.2, -0.15) is 5.10 Å². The highest BCUT2D eigenvalue weighted by atomic mass is 79.9. The minimum Gasteiger partial charge on any atom is -0.383 e. The maximum absolute atomic E-state index is 6.38. The Morgan fingerprint density at radius 3 is 2.95 bits per heavy atom. The van der Waals surface area contributed by atoms with E-state index in [1.54, 1.807) is 7.11 Å². The maximum Gasteiger partial charge on any atom is 0.0782 e. The van der Waals surface area contributed by atoms with Crippen LogP contribution < -0.4 is 0 Å². The standard InChI is InChI=1S/C14H20BrClN2O/c1-14(2)7-10(6-11(16)8-14)13-12(15)9-17-18(13)4-5-19-3/h6,9,11H,4-5,7-8H2,1-3H3. The summed E-state index contributed by atoms with van der Waals surface area (Å²) in [6.45, 7) is 5.93. The lowest BCUT2D eigenvalue weighted by atomic mass is 9.76. The van der Waals surface area contributed by atoms with Crippen LogP contribution in [0, 0.1) is 5.41 Å². The highest BCUT2D eigenvalue weighted by molar-refractivity contribution is 9.10. The van der Waals surface area contributed by atoms with Crippen LogP contribution in [0.3, 0.4) is 0 Å². The topological polar surface area (TPSA) is 27.1 Å². The van der Waals surface area contributed by atoms with Crippen LogP contribution in [0.25, 0.3) is 5.57 Å². The summed E-state index contributed by atoms with van der Waals surface area (Å²) in [7, 11) is 1.70. The number of allylic oxidation sites excluding steroid dienone is 2. The highest BCUT2D eigenvalue weighted by Gasteiger charge is 2.30. The molecule has 2 rings (SSSR count). The Morgan fingerprint density at radius 2 is 2.32 bits per heavy atom. The smallest absolute Gasteiger partial charge is 0.0782 e. The monoisotopic (exact) mass is 346 g/mol. The summed E-state index contributed by atoms with van der Waals surface area (Å²) in [6.07, 6.45) is 6.05. The van der Waals surface area contributed by atoms with Gasteiger partial charge >= 0.3 is 0 Å². The van der Waals surface area contributed by atoms with Crippen molar-refractivity contribution in [1.29, 1.82) is 0 Å². The van der Waals surface area contributed by atoms with Crippen LogP contribution in [-0.4, -0.2) is 28.9 Å². The van der Waals surface area contributed by atoms with Gasteiger partial charge in [0.25, 0.3) is 0 Å². The first-order valence-corrected chi connectivity index (χ1v) is 7.71. The number of nitrogens with zero attached hydrogens (tertiary/aromatic N) is 2. The fraction of sp³-hybridized carbons (Fsp3) is 0.643. The van der Waals surface area contributed by atoms with Crippen molar-refractivity contribution in [3.05, 3.63) is 22.4 Å². The minimum atomic E-state index is 0.0939. The number of hydrogen-bond donors (Lipinski definition) is 0. The van der Waals surface area contributed by atoms with E-state index in [1.165, 1.54) is 5.57 Å². The summed E-state index contributed by atoms with van der Waals surface area (Å²) in [5, 5.41) is 4.50. The first-order valence-electron chi connectivity index (χ1n) is 6.48. The minimum absolute atomic E-state index is 0.0939. The molecule has 0 fully saturated rings. The molecule has 3 nitrogen and oxygen atoms in total. The number of rotatable bonds is 4. The number of hydrogen-bond acceptors (Lipinski definition) is 2. The van der Waals surface area contributed by atoms with Gasteiger partial charge in [-0.3, -0.25) is 4.68 Å². The third kappa shape index (κ3) is 3.61. The molecule has 5 heteroatoms. The molecule has 0 saturated heterocycles. The molecule has 1 atom stereocenters. The molecular weight excluding hydrogens is 328 g/mol. The van der Waals surface area contributed by atoms with Crippen molar-refractivity contribution in [3.63, 3.8) is 0 Å². The average Bonchev–Trinajstić information content (AvgIpc) is 2.65. The lowest BCUT2D eigenvalue weighted by molar-refractivity contribution is 0.183. The van der Waals surface area contributed by atoms with Gasteiger partial charge in [-0.25, -0.2) is 0 Å². The van der Waals surface area contributed by atoms with E-state index in [0.29, 0.717) is 6.61 Å². The molecule has 1 heterocycles. The largest absolute Gasteiger partial charge is 0.383 e. The molecule has 0 amide bonds. The second kappa shape index (κ2) is 5.98. The first kappa shape index (κ1) is 15.1. The van der Waals surface area contributed by atoms with E-state index in [9.17, 15) is 0 Å². The number of halogens is 2.